The van der Waals surface area contributed by atoms with Crippen molar-refractivity contribution in [2.24, 2.45) is 5.73 Å². The van der Waals surface area contributed by atoms with E-state index in [0.717, 1.165) is 0 Å². The van der Waals surface area contributed by atoms with Gasteiger partial charge in [-0.15, -0.1) is 0 Å². The number of hydrogen-bond donors (Lipinski definition) is 3. The lowest BCUT2D eigenvalue weighted by Crippen LogP contribution is -2.30. The van der Waals surface area contributed by atoms with Crippen molar-refractivity contribution in [3.63, 3.8) is 0 Å². The van der Waals surface area contributed by atoms with Crippen molar-refractivity contribution < 1.29 is 14.3 Å². The molecule has 0 unspecified atom stereocenters. The van der Waals surface area contributed by atoms with Crippen LogP contribution in [0.5, 0.6) is 5.75 Å². The van der Waals surface area contributed by atoms with Crippen molar-refractivity contribution in [2.75, 3.05) is 18.9 Å². The van der Waals surface area contributed by atoms with Crippen LogP contribution in [0.15, 0.2) is 24.3 Å². The minimum atomic E-state index is -0.375. The van der Waals surface area contributed by atoms with Gasteiger partial charge in [0, 0.05) is 24.7 Å². The van der Waals surface area contributed by atoms with E-state index in [-0.39, 0.29) is 24.8 Å². The molecule has 6 heteroatoms. The molecule has 1 aromatic rings. The van der Waals surface area contributed by atoms with Gasteiger partial charge >= 0.3 is 0 Å². The minimum absolute atomic E-state index is 0.0833. The first kappa shape index (κ1) is 13.8. The van der Waals surface area contributed by atoms with Crippen LogP contribution in [0, 0.1) is 0 Å². The van der Waals surface area contributed by atoms with Crippen LogP contribution in [0.1, 0.15) is 12.8 Å². The fraction of sp³-hybridized carbons (Fsp3) is 0.333. The average molecular weight is 251 g/mol. The first-order valence-electron chi connectivity index (χ1n) is 5.61. The number of carbonyl (C=O) groups excluding carboxylic acids is 2. The molecule has 6 nitrogen and oxygen atoms in total. The molecule has 1 rings (SSSR count). The summed E-state index contributed by atoms with van der Waals surface area (Å²) in [5.41, 5.74) is 11.1. The molecule has 5 N–H and O–H groups in total. The monoisotopic (exact) mass is 251 g/mol. The summed E-state index contributed by atoms with van der Waals surface area (Å²) in [6.45, 7) is 0.322. The maximum Gasteiger partial charge on any atom is 0.257 e. The molecule has 0 bridgehead atoms. The molecule has 0 saturated carbocycles. The van der Waals surface area contributed by atoms with E-state index >= 15 is 0 Å². The van der Waals surface area contributed by atoms with Crippen LogP contribution in [0.25, 0.3) is 0 Å². The molecule has 98 valence electrons. The third-order valence-corrected chi connectivity index (χ3v) is 2.15. The second kappa shape index (κ2) is 7.16. The van der Waals surface area contributed by atoms with Gasteiger partial charge < -0.3 is 21.5 Å². The maximum atomic E-state index is 11.4. The predicted molar refractivity (Wildman–Crippen MR) is 67.8 cm³/mol. The fourth-order valence-corrected chi connectivity index (χ4v) is 1.29. The van der Waals surface area contributed by atoms with E-state index in [0.29, 0.717) is 24.4 Å². The van der Waals surface area contributed by atoms with Crippen LogP contribution in [0.3, 0.4) is 0 Å². The largest absolute Gasteiger partial charge is 0.484 e. The highest BCUT2D eigenvalue weighted by Crippen LogP contribution is 2.13. The fourth-order valence-electron chi connectivity index (χ4n) is 1.29. The number of carbonyl (C=O) groups is 2. The van der Waals surface area contributed by atoms with E-state index in [1.165, 1.54) is 0 Å². The number of primary amides is 1. The van der Waals surface area contributed by atoms with Crippen LogP contribution in [-0.2, 0) is 9.59 Å². The number of rotatable bonds is 7. The first-order chi connectivity index (χ1) is 8.58. The van der Waals surface area contributed by atoms with Gasteiger partial charge in [0.15, 0.2) is 6.61 Å². The molecule has 2 amide bonds. The Bertz CT molecular complexity index is 421. The van der Waals surface area contributed by atoms with Crippen molar-refractivity contribution in [2.45, 2.75) is 12.8 Å². The highest BCUT2D eigenvalue weighted by molar-refractivity contribution is 5.77. The SMILES string of the molecule is NC(=O)CCCNC(=O)COc1cccc(N)c1. The van der Waals surface area contributed by atoms with Crippen LogP contribution in [0.4, 0.5) is 5.69 Å². The summed E-state index contributed by atoms with van der Waals surface area (Å²) in [5.74, 6) is -0.0792. The van der Waals surface area contributed by atoms with Crippen molar-refractivity contribution in [1.29, 1.82) is 0 Å². The number of anilines is 1. The predicted octanol–water partition coefficient (Wildman–Crippen LogP) is 0.0293. The summed E-state index contributed by atoms with van der Waals surface area (Å²) in [6.07, 6.45) is 0.787. The van der Waals surface area contributed by atoms with Gasteiger partial charge in [0.05, 0.1) is 0 Å². The second-order valence-corrected chi connectivity index (χ2v) is 3.78. The molecule has 0 radical (unpaired) electrons. The average Bonchev–Trinajstić information content (AvgIpc) is 2.32. The number of hydrogen-bond acceptors (Lipinski definition) is 4. The van der Waals surface area contributed by atoms with E-state index in [4.69, 9.17) is 16.2 Å². The quantitative estimate of drug-likeness (QED) is 0.469. The summed E-state index contributed by atoms with van der Waals surface area (Å²) >= 11 is 0. The van der Waals surface area contributed by atoms with E-state index in [1.807, 2.05) is 0 Å². The minimum Gasteiger partial charge on any atom is -0.484 e. The van der Waals surface area contributed by atoms with Gasteiger partial charge in [-0.25, -0.2) is 0 Å². The number of nitrogens with two attached hydrogens (primary N) is 2. The maximum absolute atomic E-state index is 11.4. The molecule has 0 aliphatic rings. The molecule has 0 atom stereocenters. The van der Waals surface area contributed by atoms with Gasteiger partial charge in [0.1, 0.15) is 5.75 Å². The molecule has 0 heterocycles. The topological polar surface area (TPSA) is 107 Å². The zero-order valence-electron chi connectivity index (χ0n) is 10.0. The molecule has 18 heavy (non-hydrogen) atoms. The number of nitrogens with one attached hydrogen (secondary N) is 1. The summed E-state index contributed by atoms with van der Waals surface area (Å²) in [5, 5.41) is 2.62. The molecule has 0 saturated heterocycles. The van der Waals surface area contributed by atoms with Crippen LogP contribution < -0.4 is 21.5 Å². The van der Waals surface area contributed by atoms with Crippen molar-refractivity contribution in [3.8, 4) is 5.75 Å². The molecule has 0 aliphatic heterocycles. The van der Waals surface area contributed by atoms with Gasteiger partial charge in [-0.1, -0.05) is 6.07 Å². The highest BCUT2D eigenvalue weighted by Gasteiger charge is 2.02. The first-order valence-corrected chi connectivity index (χ1v) is 5.61. The van der Waals surface area contributed by atoms with Gasteiger partial charge in [-0.2, -0.15) is 0 Å². The van der Waals surface area contributed by atoms with E-state index in [9.17, 15) is 9.59 Å². The normalized spacial score (nSPS) is 9.78. The van der Waals surface area contributed by atoms with E-state index in [1.54, 1.807) is 24.3 Å². The Labute approximate surface area is 105 Å². The third-order valence-electron chi connectivity index (χ3n) is 2.15. The molecular weight excluding hydrogens is 234 g/mol. The lowest BCUT2D eigenvalue weighted by atomic mass is 10.3. The van der Waals surface area contributed by atoms with E-state index < -0.39 is 0 Å². The summed E-state index contributed by atoms with van der Waals surface area (Å²) in [4.78, 5) is 21.8. The van der Waals surface area contributed by atoms with Crippen molar-refractivity contribution in [1.82, 2.24) is 5.32 Å². The number of nitrogen functional groups attached to an aromatic ring is 1. The third kappa shape index (κ3) is 5.74. The molecular formula is C12H17N3O3. The molecule has 1 aromatic carbocycles. The molecule has 0 aromatic heterocycles. The van der Waals surface area contributed by atoms with Crippen molar-refractivity contribution in [3.05, 3.63) is 24.3 Å². The molecule has 0 fully saturated rings. The van der Waals surface area contributed by atoms with Crippen molar-refractivity contribution >= 4 is 17.5 Å². The van der Waals surface area contributed by atoms with Crippen LogP contribution in [0.2, 0.25) is 0 Å². The zero-order valence-corrected chi connectivity index (χ0v) is 10.0. The Morgan fingerprint density at radius 3 is 2.78 bits per heavy atom. The summed E-state index contributed by atoms with van der Waals surface area (Å²) in [6, 6.07) is 6.84. The Hall–Kier alpha value is -2.24. The number of benzene rings is 1. The van der Waals surface area contributed by atoms with Crippen LogP contribution in [-0.4, -0.2) is 25.0 Å². The van der Waals surface area contributed by atoms with E-state index in [2.05, 4.69) is 5.32 Å². The molecule has 0 aliphatic carbocycles. The zero-order chi connectivity index (χ0) is 13.4. The number of ether oxygens (including phenoxy) is 1. The standard InChI is InChI=1S/C12H17N3O3/c13-9-3-1-4-10(7-9)18-8-12(17)15-6-2-5-11(14)16/h1,3-4,7H,2,5-6,8,13H2,(H2,14,16)(H,15,17). The number of amides is 2. The summed E-state index contributed by atoms with van der Waals surface area (Å²) < 4.78 is 5.24. The van der Waals surface area contributed by atoms with Gasteiger partial charge in [0.25, 0.3) is 5.91 Å². The summed E-state index contributed by atoms with van der Waals surface area (Å²) in [7, 11) is 0. The lowest BCUT2D eigenvalue weighted by Gasteiger charge is -2.07. The Morgan fingerprint density at radius 1 is 1.33 bits per heavy atom. The van der Waals surface area contributed by atoms with Gasteiger partial charge in [-0.05, 0) is 18.6 Å². The van der Waals surface area contributed by atoms with Gasteiger partial charge in [-0.3, -0.25) is 9.59 Å². The lowest BCUT2D eigenvalue weighted by molar-refractivity contribution is -0.123. The highest BCUT2D eigenvalue weighted by atomic mass is 16.5. The smallest absolute Gasteiger partial charge is 0.257 e. The Kier molecular flexibility index (Phi) is 5.50. The second-order valence-electron chi connectivity index (χ2n) is 3.78. The Morgan fingerprint density at radius 2 is 2.11 bits per heavy atom. The van der Waals surface area contributed by atoms with Crippen LogP contribution >= 0.6 is 0 Å². The Balaban J connectivity index is 2.19. The molecule has 0 spiro atoms. The van der Waals surface area contributed by atoms with Gasteiger partial charge in [0.2, 0.25) is 5.91 Å².